The van der Waals surface area contributed by atoms with Gasteiger partial charge in [0.15, 0.2) is 0 Å². The Bertz CT molecular complexity index is 1070. The lowest BCUT2D eigenvalue weighted by Crippen LogP contribution is -2.43. The van der Waals surface area contributed by atoms with E-state index in [-0.39, 0.29) is 12.3 Å². The van der Waals surface area contributed by atoms with Crippen molar-refractivity contribution in [3.63, 3.8) is 0 Å². The molecule has 0 spiro atoms. The van der Waals surface area contributed by atoms with Crippen molar-refractivity contribution in [2.24, 2.45) is 0 Å². The van der Waals surface area contributed by atoms with Crippen LogP contribution in [0.15, 0.2) is 29.6 Å². The monoisotopic (exact) mass is 477 g/mol. The number of nitrogens with one attached hydrogen (secondary N) is 2. The van der Waals surface area contributed by atoms with E-state index in [4.69, 9.17) is 10.00 Å². The van der Waals surface area contributed by atoms with Crippen molar-refractivity contribution in [2.45, 2.75) is 31.7 Å². The van der Waals surface area contributed by atoms with Crippen LogP contribution in [0.5, 0.6) is 0 Å². The van der Waals surface area contributed by atoms with Crippen molar-refractivity contribution in [2.75, 3.05) is 25.0 Å². The molecule has 0 saturated carbocycles. The van der Waals surface area contributed by atoms with Gasteiger partial charge in [-0.25, -0.2) is 18.6 Å². The predicted octanol–water partition coefficient (Wildman–Crippen LogP) is 2.79. The molecule has 9 nitrogen and oxygen atoms in total. The average molecular weight is 477 g/mol. The highest BCUT2D eigenvalue weighted by Crippen LogP contribution is 2.31. The number of amides is 3. The van der Waals surface area contributed by atoms with Crippen molar-refractivity contribution in [1.82, 2.24) is 15.2 Å². The second-order valence-electron chi connectivity index (χ2n) is 7.25. The Balaban J connectivity index is 1.51. The molecule has 3 rings (SSSR count). The van der Waals surface area contributed by atoms with Crippen LogP contribution in [0.1, 0.15) is 34.4 Å². The highest BCUT2D eigenvalue weighted by molar-refractivity contribution is 7.09. The Hall–Kier alpha value is -3.59. The predicted molar refractivity (Wildman–Crippen MR) is 115 cm³/mol. The fourth-order valence-electron chi connectivity index (χ4n) is 3.20. The fraction of sp³-hybridized carbons (Fsp3) is 0.381. The van der Waals surface area contributed by atoms with Crippen LogP contribution < -0.4 is 10.6 Å². The summed E-state index contributed by atoms with van der Waals surface area (Å²) >= 11 is 1.26. The number of nitriles is 1. The summed E-state index contributed by atoms with van der Waals surface area (Å²) in [5.41, 5.74) is 1.58. The fourth-order valence-corrected chi connectivity index (χ4v) is 4.01. The van der Waals surface area contributed by atoms with Crippen molar-refractivity contribution in [3.8, 4) is 6.07 Å². The van der Waals surface area contributed by atoms with Crippen LogP contribution in [-0.2, 0) is 16.0 Å². The summed E-state index contributed by atoms with van der Waals surface area (Å²) in [6, 6.07) is 7.52. The van der Waals surface area contributed by atoms with Gasteiger partial charge in [-0.1, -0.05) is 12.1 Å². The minimum Gasteiger partial charge on any atom is -0.450 e. The number of rotatable bonds is 7. The van der Waals surface area contributed by atoms with E-state index >= 15 is 0 Å². The molecular formula is C21H21F2N5O4S. The van der Waals surface area contributed by atoms with E-state index < -0.39 is 49.4 Å². The molecule has 174 valence electrons. The van der Waals surface area contributed by atoms with Crippen molar-refractivity contribution in [1.29, 1.82) is 5.26 Å². The van der Waals surface area contributed by atoms with Crippen molar-refractivity contribution < 1.29 is 27.9 Å². The number of aromatic nitrogens is 1. The molecule has 2 N–H and O–H groups in total. The largest absolute Gasteiger partial charge is 0.450 e. The molecule has 0 bridgehead atoms. The van der Waals surface area contributed by atoms with Gasteiger partial charge >= 0.3 is 6.09 Å². The molecule has 12 heteroatoms. The summed E-state index contributed by atoms with van der Waals surface area (Å²) < 4.78 is 31.8. The molecular weight excluding hydrogens is 456 g/mol. The number of hydrogen-bond acceptors (Lipinski definition) is 7. The normalized spacial score (nSPS) is 16.7. The standard InChI is InChI=1S/C21H21F2N5O4S/c1-2-32-20(31)26-14-5-3-13(4-6-14)7-17-27-16(11-33-17)19(30)25-10-18(29)28-12-21(22,23)8-15(28)9-24/h3-6,11,15H,2,7-8,10,12H2,1H3,(H,25,30)(H,26,31)/t15-/m0/s1. The first kappa shape index (κ1) is 24.1. The summed E-state index contributed by atoms with van der Waals surface area (Å²) in [7, 11) is 0. The Morgan fingerprint density at radius 3 is 2.73 bits per heavy atom. The minimum absolute atomic E-state index is 0.104. The van der Waals surface area contributed by atoms with Crippen molar-refractivity contribution >= 4 is 34.9 Å². The Kier molecular flexibility index (Phi) is 7.55. The van der Waals surface area contributed by atoms with E-state index in [1.165, 1.54) is 16.7 Å². The van der Waals surface area contributed by atoms with E-state index in [0.717, 1.165) is 10.5 Å². The van der Waals surface area contributed by atoms with Gasteiger partial charge in [0.1, 0.15) is 11.7 Å². The molecule has 1 aliphatic rings. The summed E-state index contributed by atoms with van der Waals surface area (Å²) in [4.78, 5) is 41.0. The number of benzene rings is 1. The molecule has 1 aliphatic heterocycles. The van der Waals surface area contributed by atoms with Gasteiger partial charge in [-0.3, -0.25) is 14.9 Å². The van der Waals surface area contributed by atoms with Gasteiger partial charge in [-0.2, -0.15) is 5.26 Å². The molecule has 0 radical (unpaired) electrons. The summed E-state index contributed by atoms with van der Waals surface area (Å²) in [5.74, 6) is -4.48. The number of hydrogen-bond donors (Lipinski definition) is 2. The van der Waals surface area contributed by atoms with E-state index in [1.807, 2.05) is 0 Å². The smallest absolute Gasteiger partial charge is 0.411 e. The van der Waals surface area contributed by atoms with Crippen LogP contribution >= 0.6 is 11.3 Å². The number of carbonyl (C=O) groups excluding carboxylic acids is 3. The molecule has 1 saturated heterocycles. The van der Waals surface area contributed by atoms with Crippen LogP contribution in [0.4, 0.5) is 19.3 Å². The topological polar surface area (TPSA) is 124 Å². The maximum Gasteiger partial charge on any atom is 0.411 e. The van der Waals surface area contributed by atoms with Gasteiger partial charge < -0.3 is 15.0 Å². The van der Waals surface area contributed by atoms with Crippen molar-refractivity contribution in [3.05, 3.63) is 45.9 Å². The number of nitrogens with zero attached hydrogens (tertiary/aromatic N) is 3. The first-order chi connectivity index (χ1) is 15.7. The number of carbonyl (C=O) groups is 3. The molecule has 1 aromatic heterocycles. The van der Waals surface area contributed by atoms with Crippen LogP contribution in [0, 0.1) is 11.3 Å². The molecule has 1 atom stereocenters. The number of likely N-dealkylation sites (tertiary alicyclic amines) is 1. The zero-order valence-electron chi connectivity index (χ0n) is 17.6. The highest BCUT2D eigenvalue weighted by atomic mass is 32.1. The van der Waals surface area contributed by atoms with E-state index in [2.05, 4.69) is 15.6 Å². The number of alkyl halides is 2. The molecule has 2 aromatic rings. The van der Waals surface area contributed by atoms with Crippen LogP contribution in [0.3, 0.4) is 0 Å². The molecule has 0 unspecified atom stereocenters. The maximum absolute atomic E-state index is 13.5. The first-order valence-electron chi connectivity index (χ1n) is 10.0. The van der Waals surface area contributed by atoms with Crippen LogP contribution in [0.2, 0.25) is 0 Å². The number of halogens is 2. The average Bonchev–Trinajstić information content (AvgIpc) is 3.37. The molecule has 1 fully saturated rings. The summed E-state index contributed by atoms with van der Waals surface area (Å²) in [6.45, 7) is 0.637. The molecule has 1 aromatic carbocycles. The zero-order valence-corrected chi connectivity index (χ0v) is 18.5. The SMILES string of the molecule is CCOC(=O)Nc1ccc(Cc2nc(C(=O)NCC(=O)N3CC(F)(F)C[C@H]3C#N)cs2)cc1. The number of anilines is 1. The van der Waals surface area contributed by atoms with Gasteiger partial charge in [0.2, 0.25) is 5.91 Å². The van der Waals surface area contributed by atoms with Gasteiger partial charge in [0.25, 0.3) is 11.8 Å². The zero-order chi connectivity index (χ0) is 24.0. The summed E-state index contributed by atoms with van der Waals surface area (Å²) in [5, 5.41) is 16.1. The minimum atomic E-state index is -3.11. The summed E-state index contributed by atoms with van der Waals surface area (Å²) in [6.07, 6.45) is -0.803. The van der Waals surface area contributed by atoms with Gasteiger partial charge in [0.05, 0.1) is 30.8 Å². The molecule has 3 amide bonds. The van der Waals surface area contributed by atoms with Gasteiger partial charge in [-0.05, 0) is 24.6 Å². The highest BCUT2D eigenvalue weighted by Gasteiger charge is 2.47. The number of ether oxygens (including phenoxy) is 1. The Morgan fingerprint density at radius 2 is 2.06 bits per heavy atom. The molecule has 0 aliphatic carbocycles. The van der Waals surface area contributed by atoms with Crippen LogP contribution in [-0.4, -0.2) is 59.5 Å². The lowest BCUT2D eigenvalue weighted by atomic mass is 10.1. The third kappa shape index (κ3) is 6.45. The second-order valence-corrected chi connectivity index (χ2v) is 8.20. The Labute approximate surface area is 192 Å². The van der Waals surface area contributed by atoms with E-state index in [9.17, 15) is 23.2 Å². The molecule has 33 heavy (non-hydrogen) atoms. The quantitative estimate of drug-likeness (QED) is 0.632. The third-order valence-corrected chi connectivity index (χ3v) is 5.60. The van der Waals surface area contributed by atoms with Gasteiger partial charge in [0, 0.05) is 23.9 Å². The molecule has 2 heterocycles. The van der Waals surface area contributed by atoms with Crippen LogP contribution in [0.25, 0.3) is 0 Å². The van der Waals surface area contributed by atoms with Gasteiger partial charge in [-0.15, -0.1) is 11.3 Å². The van der Waals surface area contributed by atoms with E-state index in [0.29, 0.717) is 17.1 Å². The third-order valence-electron chi connectivity index (χ3n) is 4.75. The Morgan fingerprint density at radius 1 is 1.33 bits per heavy atom. The lowest BCUT2D eigenvalue weighted by Gasteiger charge is -2.19. The first-order valence-corrected chi connectivity index (χ1v) is 10.9. The second kappa shape index (κ2) is 10.4. The lowest BCUT2D eigenvalue weighted by molar-refractivity contribution is -0.131. The van der Waals surface area contributed by atoms with E-state index in [1.54, 1.807) is 37.3 Å². The number of thiazole rings is 1. The maximum atomic E-state index is 13.5.